The molecule has 29 heavy (non-hydrogen) atoms. The highest BCUT2D eigenvalue weighted by Gasteiger charge is 2.16. The van der Waals surface area contributed by atoms with E-state index < -0.39 is 0 Å². The third-order valence-corrected chi connectivity index (χ3v) is 4.66. The Morgan fingerprint density at radius 3 is 2.34 bits per heavy atom. The van der Waals surface area contributed by atoms with Crippen molar-refractivity contribution in [1.82, 2.24) is 9.78 Å². The molecule has 4 rings (SSSR count). The number of rotatable bonds is 5. The van der Waals surface area contributed by atoms with Gasteiger partial charge in [0.1, 0.15) is 5.82 Å². The highest BCUT2D eigenvalue weighted by molar-refractivity contribution is 6.30. The van der Waals surface area contributed by atoms with Gasteiger partial charge >= 0.3 is 0 Å². The number of benzene rings is 3. The molecule has 144 valence electrons. The number of hydrogen-bond acceptors (Lipinski definition) is 2. The maximum atomic E-state index is 13.4. The fraction of sp³-hybridized carbons (Fsp3) is 0.0435. The van der Waals surface area contributed by atoms with Crippen LogP contribution in [0.2, 0.25) is 5.02 Å². The first kappa shape index (κ1) is 18.9. The molecule has 4 nitrogen and oxygen atoms in total. The first-order valence-electron chi connectivity index (χ1n) is 9.04. The van der Waals surface area contributed by atoms with Gasteiger partial charge in [0, 0.05) is 28.0 Å². The summed E-state index contributed by atoms with van der Waals surface area (Å²) < 4.78 is 15.1. The molecule has 1 heterocycles. The quantitative estimate of drug-likeness (QED) is 0.475. The predicted molar refractivity (Wildman–Crippen MR) is 113 cm³/mol. The van der Waals surface area contributed by atoms with Crippen molar-refractivity contribution >= 4 is 23.2 Å². The average molecular weight is 406 g/mol. The lowest BCUT2D eigenvalue weighted by Crippen LogP contribution is -2.14. The van der Waals surface area contributed by atoms with Gasteiger partial charge in [-0.1, -0.05) is 29.8 Å². The average Bonchev–Trinajstić information content (AvgIpc) is 3.14. The zero-order valence-electron chi connectivity index (χ0n) is 15.3. The second-order valence-electron chi connectivity index (χ2n) is 6.52. The SMILES string of the molecule is O=C(Cc1cn(-c2ccccc2)nc1-c1ccc(F)cc1)Nc1ccc(Cl)cc1. The van der Waals surface area contributed by atoms with E-state index in [1.807, 2.05) is 36.5 Å². The maximum absolute atomic E-state index is 13.4. The Morgan fingerprint density at radius 1 is 0.966 bits per heavy atom. The molecule has 0 bridgehead atoms. The van der Waals surface area contributed by atoms with Crippen molar-refractivity contribution in [2.75, 3.05) is 5.32 Å². The van der Waals surface area contributed by atoms with Crippen molar-refractivity contribution in [1.29, 1.82) is 0 Å². The molecule has 1 N–H and O–H groups in total. The standard InChI is InChI=1S/C23H17ClFN3O/c24-18-8-12-20(13-9-18)26-22(29)14-17-15-28(21-4-2-1-3-5-21)27-23(17)16-6-10-19(25)11-7-16/h1-13,15H,14H2,(H,26,29). The zero-order valence-corrected chi connectivity index (χ0v) is 16.1. The van der Waals surface area contributed by atoms with Gasteiger partial charge in [-0.15, -0.1) is 0 Å². The monoisotopic (exact) mass is 405 g/mol. The van der Waals surface area contributed by atoms with Crippen LogP contribution in [-0.2, 0) is 11.2 Å². The molecule has 0 atom stereocenters. The highest BCUT2D eigenvalue weighted by atomic mass is 35.5. The highest BCUT2D eigenvalue weighted by Crippen LogP contribution is 2.25. The third-order valence-electron chi connectivity index (χ3n) is 4.41. The molecular formula is C23H17ClFN3O. The number of nitrogens with one attached hydrogen (secondary N) is 1. The number of nitrogens with zero attached hydrogens (tertiary/aromatic N) is 2. The number of para-hydroxylation sites is 1. The van der Waals surface area contributed by atoms with E-state index in [-0.39, 0.29) is 18.1 Å². The van der Waals surface area contributed by atoms with Crippen LogP contribution in [0.3, 0.4) is 0 Å². The van der Waals surface area contributed by atoms with Crippen molar-refractivity contribution in [2.45, 2.75) is 6.42 Å². The van der Waals surface area contributed by atoms with Gasteiger partial charge in [-0.2, -0.15) is 5.10 Å². The number of aromatic nitrogens is 2. The maximum Gasteiger partial charge on any atom is 0.228 e. The normalized spacial score (nSPS) is 10.7. The molecule has 0 spiro atoms. The first-order chi connectivity index (χ1) is 14.1. The number of anilines is 1. The van der Waals surface area contributed by atoms with E-state index in [0.29, 0.717) is 16.4 Å². The smallest absolute Gasteiger partial charge is 0.228 e. The van der Waals surface area contributed by atoms with E-state index in [0.717, 1.165) is 16.8 Å². The van der Waals surface area contributed by atoms with Crippen molar-refractivity contribution in [3.05, 3.63) is 101 Å². The molecular weight excluding hydrogens is 389 g/mol. The predicted octanol–water partition coefficient (Wildman–Crippen LogP) is 5.51. The topological polar surface area (TPSA) is 46.9 Å². The minimum absolute atomic E-state index is 0.127. The fourth-order valence-corrected chi connectivity index (χ4v) is 3.14. The van der Waals surface area contributed by atoms with Crippen LogP contribution in [0.4, 0.5) is 10.1 Å². The van der Waals surface area contributed by atoms with Crippen LogP contribution in [-0.4, -0.2) is 15.7 Å². The first-order valence-corrected chi connectivity index (χ1v) is 9.41. The molecule has 1 amide bonds. The summed E-state index contributed by atoms with van der Waals surface area (Å²) in [5, 5.41) is 8.11. The Bertz CT molecular complexity index is 1120. The van der Waals surface area contributed by atoms with Crippen LogP contribution in [0, 0.1) is 5.82 Å². The lowest BCUT2D eigenvalue weighted by molar-refractivity contribution is -0.115. The summed E-state index contributed by atoms with van der Waals surface area (Å²) in [5.74, 6) is -0.499. The van der Waals surface area contributed by atoms with E-state index >= 15 is 0 Å². The number of amides is 1. The molecule has 0 aliphatic rings. The van der Waals surface area contributed by atoms with Gasteiger partial charge in [-0.3, -0.25) is 4.79 Å². The van der Waals surface area contributed by atoms with Crippen molar-refractivity contribution < 1.29 is 9.18 Å². The van der Waals surface area contributed by atoms with Crippen LogP contribution in [0.15, 0.2) is 85.1 Å². The molecule has 6 heteroatoms. The van der Waals surface area contributed by atoms with Crippen LogP contribution in [0.1, 0.15) is 5.56 Å². The van der Waals surface area contributed by atoms with Gasteiger partial charge in [0.2, 0.25) is 5.91 Å². The molecule has 0 unspecified atom stereocenters. The summed E-state index contributed by atoms with van der Waals surface area (Å²) >= 11 is 5.89. The number of halogens is 2. The molecule has 0 saturated carbocycles. The summed E-state index contributed by atoms with van der Waals surface area (Å²) in [4.78, 5) is 12.6. The van der Waals surface area contributed by atoms with Crippen molar-refractivity contribution in [2.24, 2.45) is 0 Å². The molecule has 1 aromatic heterocycles. The van der Waals surface area contributed by atoms with Gasteiger partial charge in [0.25, 0.3) is 0 Å². The Morgan fingerprint density at radius 2 is 1.66 bits per heavy atom. The summed E-state index contributed by atoms with van der Waals surface area (Å²) in [6.45, 7) is 0. The molecule has 0 fully saturated rings. The zero-order chi connectivity index (χ0) is 20.2. The Balaban J connectivity index is 1.65. The lowest BCUT2D eigenvalue weighted by Gasteiger charge is -2.06. The van der Waals surface area contributed by atoms with Crippen LogP contribution >= 0.6 is 11.6 Å². The lowest BCUT2D eigenvalue weighted by atomic mass is 10.1. The molecule has 0 radical (unpaired) electrons. The van der Waals surface area contributed by atoms with Crippen LogP contribution in [0.25, 0.3) is 16.9 Å². The number of carbonyl (C=O) groups is 1. The van der Waals surface area contributed by atoms with Crippen LogP contribution in [0.5, 0.6) is 0 Å². The largest absolute Gasteiger partial charge is 0.326 e. The summed E-state index contributed by atoms with van der Waals surface area (Å²) in [5.41, 5.74) is 3.67. The molecule has 3 aromatic carbocycles. The summed E-state index contributed by atoms with van der Waals surface area (Å²) in [6.07, 6.45) is 1.96. The van der Waals surface area contributed by atoms with E-state index in [1.54, 1.807) is 41.1 Å². The molecule has 0 saturated heterocycles. The molecule has 0 aliphatic heterocycles. The van der Waals surface area contributed by atoms with Gasteiger partial charge in [0.15, 0.2) is 0 Å². The summed E-state index contributed by atoms with van der Waals surface area (Å²) in [6, 6.07) is 22.6. The van der Waals surface area contributed by atoms with Gasteiger partial charge in [-0.25, -0.2) is 9.07 Å². The Kier molecular flexibility index (Phi) is 5.40. The van der Waals surface area contributed by atoms with E-state index in [9.17, 15) is 9.18 Å². The van der Waals surface area contributed by atoms with Crippen molar-refractivity contribution in [3.63, 3.8) is 0 Å². The third kappa shape index (κ3) is 4.52. The second-order valence-corrected chi connectivity index (χ2v) is 6.96. The van der Waals surface area contributed by atoms with Gasteiger partial charge < -0.3 is 5.32 Å². The molecule has 0 aliphatic carbocycles. The minimum Gasteiger partial charge on any atom is -0.326 e. The van der Waals surface area contributed by atoms with Crippen LogP contribution < -0.4 is 5.32 Å². The van der Waals surface area contributed by atoms with E-state index in [4.69, 9.17) is 11.6 Å². The Hall–Kier alpha value is -3.44. The molecule has 4 aromatic rings. The summed E-state index contributed by atoms with van der Waals surface area (Å²) in [7, 11) is 0. The number of carbonyl (C=O) groups excluding carboxylic acids is 1. The Labute approximate surface area is 172 Å². The van der Waals surface area contributed by atoms with Gasteiger partial charge in [-0.05, 0) is 60.7 Å². The fourth-order valence-electron chi connectivity index (χ4n) is 3.01. The number of hydrogen-bond donors (Lipinski definition) is 1. The second kappa shape index (κ2) is 8.29. The minimum atomic E-state index is -0.321. The van der Waals surface area contributed by atoms with Gasteiger partial charge in [0.05, 0.1) is 17.8 Å². The van der Waals surface area contributed by atoms with E-state index in [2.05, 4.69) is 10.4 Å². The van der Waals surface area contributed by atoms with E-state index in [1.165, 1.54) is 12.1 Å². The van der Waals surface area contributed by atoms with Crippen molar-refractivity contribution in [3.8, 4) is 16.9 Å².